The van der Waals surface area contributed by atoms with Crippen molar-refractivity contribution in [2.45, 2.75) is 49.6 Å². The quantitative estimate of drug-likeness (QED) is 0.279. The third-order valence-corrected chi connectivity index (χ3v) is 9.03. The predicted octanol–water partition coefficient (Wildman–Crippen LogP) is 0.232. The second-order valence-electron chi connectivity index (χ2n) is 11.5. The number of primary amides is 2. The summed E-state index contributed by atoms with van der Waals surface area (Å²) >= 11 is 0. The summed E-state index contributed by atoms with van der Waals surface area (Å²) in [6.45, 7) is 0.425. The van der Waals surface area contributed by atoms with Gasteiger partial charge in [0.15, 0.2) is 0 Å². The van der Waals surface area contributed by atoms with Crippen LogP contribution in [0.2, 0.25) is 0 Å². The number of fused-ring (bicyclic) bond motifs is 3. The number of nitrogens with one attached hydrogen (secondary N) is 2. The summed E-state index contributed by atoms with van der Waals surface area (Å²) in [5, 5.41) is 17.4. The van der Waals surface area contributed by atoms with Gasteiger partial charge in [0.1, 0.15) is 11.9 Å². The highest BCUT2D eigenvalue weighted by atomic mass is 16.2. The Balaban J connectivity index is 1.42. The van der Waals surface area contributed by atoms with Gasteiger partial charge in [-0.15, -0.1) is 0 Å². The Bertz CT molecular complexity index is 1650. The minimum atomic E-state index is -1.01. The van der Waals surface area contributed by atoms with Gasteiger partial charge in [-0.25, -0.2) is 9.48 Å². The minimum Gasteiger partial charge on any atom is -0.366 e. The van der Waals surface area contributed by atoms with Crippen LogP contribution < -0.4 is 22.5 Å². The molecule has 2 heterocycles. The van der Waals surface area contributed by atoms with Crippen LogP contribution in [0.4, 0.5) is 0 Å². The molecule has 12 heteroatoms. The first-order valence-corrected chi connectivity index (χ1v) is 14.1. The number of nitrogens with two attached hydrogens (primary N) is 2. The number of piperidine rings is 1. The summed E-state index contributed by atoms with van der Waals surface area (Å²) in [4.78, 5) is 54.7. The first kappa shape index (κ1) is 27.4. The molecule has 1 aliphatic heterocycles. The fraction of sp³-hybridized carbons (Fsp3) is 0.400. The summed E-state index contributed by atoms with van der Waals surface area (Å²) < 4.78 is 1.23. The predicted molar refractivity (Wildman–Crippen MR) is 151 cm³/mol. The van der Waals surface area contributed by atoms with Crippen LogP contribution in [0.3, 0.4) is 0 Å². The molecule has 1 aromatic heterocycles. The summed E-state index contributed by atoms with van der Waals surface area (Å²) in [6, 6.07) is 12.6. The van der Waals surface area contributed by atoms with Crippen LogP contribution >= 0.6 is 0 Å². The van der Waals surface area contributed by atoms with E-state index in [4.69, 9.17) is 11.5 Å². The van der Waals surface area contributed by atoms with Gasteiger partial charge in [0.2, 0.25) is 17.7 Å². The van der Waals surface area contributed by atoms with Gasteiger partial charge >= 0.3 is 5.69 Å². The first-order valence-electron chi connectivity index (χ1n) is 14.1. The summed E-state index contributed by atoms with van der Waals surface area (Å²) in [7, 11) is 1.56. The number of nitrogens with zero attached hydrogens (tertiary/aromatic N) is 4. The lowest BCUT2D eigenvalue weighted by molar-refractivity contribution is -0.131. The van der Waals surface area contributed by atoms with E-state index in [0.717, 1.165) is 35.1 Å². The molecule has 216 valence electrons. The Labute approximate surface area is 241 Å². The van der Waals surface area contributed by atoms with Gasteiger partial charge < -0.3 is 21.7 Å². The fourth-order valence-corrected chi connectivity index (χ4v) is 6.89. The Hall–Kier alpha value is -4.76. The number of rotatable bonds is 8. The maximum Gasteiger partial charge on any atom is 0.343 e. The standard InChI is InChI=1S/C30H32N8O4/c1-37-29(42)35-28(36-37)30(8-9-34-15-25(39)38-21(14-31)12-20-13-24(20)38)22-6-4-18(26(32)40)10-16(22)2-3-17-11-19(27(33)41)5-7-23(17)30/h4-7,10-11,20-21,24,34H,2-3,8-9,12-13,15H2,1H3,(H2,32,40)(H2,33,41)(H,35,36,42)/t20-,21+,24+/m1/s1. The zero-order valence-corrected chi connectivity index (χ0v) is 23.2. The average Bonchev–Trinajstić information content (AvgIpc) is 3.55. The van der Waals surface area contributed by atoms with Gasteiger partial charge in [0.25, 0.3) is 0 Å². The van der Waals surface area contributed by atoms with E-state index in [1.54, 1.807) is 36.2 Å². The van der Waals surface area contributed by atoms with E-state index in [0.29, 0.717) is 48.7 Å². The molecule has 0 bridgehead atoms. The van der Waals surface area contributed by atoms with Crippen LogP contribution in [-0.4, -0.2) is 62.6 Å². The molecule has 3 atom stereocenters. The van der Waals surface area contributed by atoms with Crippen LogP contribution in [0.1, 0.15) is 68.1 Å². The third kappa shape index (κ3) is 4.46. The largest absolute Gasteiger partial charge is 0.366 e. The summed E-state index contributed by atoms with van der Waals surface area (Å²) in [5.41, 5.74) is 14.0. The number of likely N-dealkylation sites (tertiary alicyclic amines) is 1. The van der Waals surface area contributed by atoms with Gasteiger partial charge in [0.05, 0.1) is 18.0 Å². The maximum atomic E-state index is 13.1. The highest BCUT2D eigenvalue weighted by Gasteiger charge is 2.54. The van der Waals surface area contributed by atoms with Crippen molar-refractivity contribution < 1.29 is 14.4 Å². The van der Waals surface area contributed by atoms with Crippen molar-refractivity contribution in [3.8, 4) is 6.07 Å². The number of aryl methyl sites for hydroxylation is 3. The zero-order valence-electron chi connectivity index (χ0n) is 23.2. The molecular weight excluding hydrogens is 536 g/mol. The van der Waals surface area contributed by atoms with E-state index in [1.165, 1.54) is 4.68 Å². The summed E-state index contributed by atoms with van der Waals surface area (Å²) in [6.07, 6.45) is 3.16. The lowest BCUT2D eigenvalue weighted by atomic mass is 9.69. The monoisotopic (exact) mass is 568 g/mol. The molecule has 0 spiro atoms. The molecule has 1 saturated heterocycles. The van der Waals surface area contributed by atoms with Crippen molar-refractivity contribution in [3.63, 3.8) is 0 Å². The van der Waals surface area contributed by atoms with Crippen molar-refractivity contribution in [3.05, 3.63) is 86.1 Å². The van der Waals surface area contributed by atoms with E-state index in [-0.39, 0.29) is 24.5 Å². The number of aromatic amines is 1. The number of amides is 3. The van der Waals surface area contributed by atoms with E-state index < -0.39 is 22.9 Å². The Morgan fingerprint density at radius 1 is 1.07 bits per heavy atom. The normalized spacial score (nSPS) is 21.4. The SMILES string of the molecule is Cn1nc(C2(CCNCC(=O)N3[C@H](C#N)C[C@@H]4C[C@@H]43)c3ccc(C(N)=O)cc3CCc3cc(C(N)=O)ccc32)[nH]c1=O. The molecule has 42 heavy (non-hydrogen) atoms. The Morgan fingerprint density at radius 3 is 2.21 bits per heavy atom. The van der Waals surface area contributed by atoms with E-state index >= 15 is 0 Å². The third-order valence-electron chi connectivity index (χ3n) is 9.03. The molecule has 1 saturated carbocycles. The fourth-order valence-electron chi connectivity index (χ4n) is 6.89. The number of hydrogen-bond acceptors (Lipinski definition) is 7. The second kappa shape index (κ2) is 10.3. The van der Waals surface area contributed by atoms with Gasteiger partial charge in [0, 0.05) is 24.2 Å². The molecule has 2 aromatic carbocycles. The van der Waals surface area contributed by atoms with Crippen LogP contribution in [0.25, 0.3) is 0 Å². The summed E-state index contributed by atoms with van der Waals surface area (Å²) in [5.74, 6) is -0.384. The van der Waals surface area contributed by atoms with Crippen LogP contribution in [0, 0.1) is 17.2 Å². The van der Waals surface area contributed by atoms with Crippen molar-refractivity contribution >= 4 is 17.7 Å². The highest BCUT2D eigenvalue weighted by Crippen LogP contribution is 2.48. The van der Waals surface area contributed by atoms with Gasteiger partial charge in [-0.2, -0.15) is 10.4 Å². The maximum absolute atomic E-state index is 13.1. The van der Waals surface area contributed by atoms with Gasteiger partial charge in [-0.05, 0) is 91.1 Å². The number of benzene rings is 2. The zero-order chi connectivity index (χ0) is 29.8. The van der Waals surface area contributed by atoms with Crippen molar-refractivity contribution in [1.29, 1.82) is 5.26 Å². The molecule has 3 aromatic rings. The molecule has 0 unspecified atom stereocenters. The Kier molecular flexibility index (Phi) is 6.69. The van der Waals surface area contributed by atoms with E-state index in [1.807, 2.05) is 12.1 Å². The molecular formula is C30H32N8O4. The van der Waals surface area contributed by atoms with Crippen molar-refractivity contribution in [2.75, 3.05) is 13.1 Å². The number of H-pyrrole nitrogens is 1. The molecule has 0 radical (unpaired) electrons. The van der Waals surface area contributed by atoms with Gasteiger partial charge in [-0.3, -0.25) is 19.4 Å². The van der Waals surface area contributed by atoms with Crippen LogP contribution in [-0.2, 0) is 30.1 Å². The van der Waals surface area contributed by atoms with Crippen LogP contribution in [0.15, 0.2) is 41.2 Å². The topological polar surface area (TPSA) is 193 Å². The minimum absolute atomic E-state index is 0.0666. The highest BCUT2D eigenvalue weighted by molar-refractivity contribution is 5.94. The smallest absolute Gasteiger partial charge is 0.343 e. The van der Waals surface area contributed by atoms with Crippen molar-refractivity contribution in [2.24, 2.45) is 24.4 Å². The van der Waals surface area contributed by atoms with E-state index in [9.17, 15) is 24.4 Å². The lowest BCUT2D eigenvalue weighted by Crippen LogP contribution is -2.44. The lowest BCUT2D eigenvalue weighted by Gasteiger charge is -2.35. The molecule has 6 N–H and O–H groups in total. The van der Waals surface area contributed by atoms with Gasteiger partial charge in [-0.1, -0.05) is 12.1 Å². The number of hydrogen-bond donors (Lipinski definition) is 4. The molecule has 2 aliphatic carbocycles. The first-order chi connectivity index (χ1) is 20.1. The molecule has 12 nitrogen and oxygen atoms in total. The number of aromatic nitrogens is 3. The molecule has 2 fully saturated rings. The molecule has 3 aliphatic rings. The average molecular weight is 569 g/mol. The van der Waals surface area contributed by atoms with Crippen LogP contribution in [0.5, 0.6) is 0 Å². The Morgan fingerprint density at radius 2 is 1.69 bits per heavy atom. The molecule has 3 amide bonds. The number of carbonyl (C=O) groups excluding carboxylic acids is 3. The van der Waals surface area contributed by atoms with Crippen molar-refractivity contribution in [1.82, 2.24) is 25.0 Å². The number of nitriles is 1. The van der Waals surface area contributed by atoms with E-state index in [2.05, 4.69) is 21.5 Å². The second-order valence-corrected chi connectivity index (χ2v) is 11.5. The molecule has 6 rings (SSSR count). The number of carbonyl (C=O) groups is 3.